The van der Waals surface area contributed by atoms with Gasteiger partial charge in [-0.1, -0.05) is 32.1 Å². The van der Waals surface area contributed by atoms with Crippen molar-refractivity contribution in [2.24, 2.45) is 5.92 Å². The van der Waals surface area contributed by atoms with Crippen LogP contribution in [0.2, 0.25) is 0 Å². The van der Waals surface area contributed by atoms with E-state index >= 15 is 0 Å². The van der Waals surface area contributed by atoms with E-state index < -0.39 is 0 Å². The Morgan fingerprint density at radius 3 is 2.81 bits per heavy atom. The van der Waals surface area contributed by atoms with Gasteiger partial charge in [-0.2, -0.15) is 0 Å². The number of aryl methyl sites for hydroxylation is 1. The first-order chi connectivity index (χ1) is 9.97. The number of hydrogen-bond donors (Lipinski definition) is 2. The molecule has 2 atom stereocenters. The quantitative estimate of drug-likeness (QED) is 0.792. The van der Waals surface area contributed by atoms with Crippen molar-refractivity contribution in [2.75, 3.05) is 6.61 Å². The van der Waals surface area contributed by atoms with Crippen LogP contribution in [0.1, 0.15) is 60.1 Å². The molecular formula is C17H25NO2S. The Morgan fingerprint density at radius 2 is 2.19 bits per heavy atom. The number of nitrogens with one attached hydrogen (secondary N) is 1. The molecule has 3 nitrogen and oxygen atoms in total. The van der Waals surface area contributed by atoms with Crippen molar-refractivity contribution in [3.63, 3.8) is 0 Å². The standard InChI is InChI=1S/C17H25NO2S/c1-5-12(2)10-14(4)18-17(20)16-11-13(3)15(21-16)8-6-7-9-19/h11-12,14,19H,5,7,9-10H2,1-4H3,(H,18,20). The average molecular weight is 307 g/mol. The molecule has 0 spiro atoms. The van der Waals surface area contributed by atoms with Gasteiger partial charge in [-0.15, -0.1) is 11.3 Å². The Balaban J connectivity index is 2.67. The molecular weight excluding hydrogens is 282 g/mol. The summed E-state index contributed by atoms with van der Waals surface area (Å²) in [7, 11) is 0. The van der Waals surface area contributed by atoms with Gasteiger partial charge in [-0.3, -0.25) is 4.79 Å². The van der Waals surface area contributed by atoms with Crippen molar-refractivity contribution >= 4 is 17.2 Å². The largest absolute Gasteiger partial charge is 0.395 e. The highest BCUT2D eigenvalue weighted by atomic mass is 32.1. The third-order valence-corrected chi connectivity index (χ3v) is 4.56. The number of thiophene rings is 1. The van der Waals surface area contributed by atoms with Gasteiger partial charge in [-0.05, 0) is 37.8 Å². The molecule has 1 aromatic heterocycles. The van der Waals surface area contributed by atoms with Crippen molar-refractivity contribution in [3.05, 3.63) is 21.4 Å². The van der Waals surface area contributed by atoms with Crippen molar-refractivity contribution in [1.82, 2.24) is 5.32 Å². The van der Waals surface area contributed by atoms with E-state index in [1.807, 2.05) is 19.9 Å². The molecule has 1 rings (SSSR count). The molecule has 0 saturated heterocycles. The van der Waals surface area contributed by atoms with Crippen LogP contribution in [0.25, 0.3) is 0 Å². The summed E-state index contributed by atoms with van der Waals surface area (Å²) in [6.07, 6.45) is 2.59. The van der Waals surface area contributed by atoms with E-state index in [9.17, 15) is 4.79 Å². The summed E-state index contributed by atoms with van der Waals surface area (Å²) in [4.78, 5) is 13.8. The third kappa shape index (κ3) is 5.91. The molecule has 2 N–H and O–H groups in total. The topological polar surface area (TPSA) is 49.3 Å². The number of aliphatic hydroxyl groups is 1. The predicted molar refractivity (Wildman–Crippen MR) is 88.6 cm³/mol. The molecule has 0 aliphatic rings. The molecule has 0 saturated carbocycles. The highest BCUT2D eigenvalue weighted by Crippen LogP contribution is 2.21. The Labute approximate surface area is 131 Å². The zero-order valence-electron chi connectivity index (χ0n) is 13.3. The summed E-state index contributed by atoms with van der Waals surface area (Å²) in [5.41, 5.74) is 1.02. The van der Waals surface area contributed by atoms with E-state index in [-0.39, 0.29) is 18.6 Å². The van der Waals surface area contributed by atoms with Gasteiger partial charge in [-0.25, -0.2) is 0 Å². The lowest BCUT2D eigenvalue weighted by Gasteiger charge is -2.16. The Kier molecular flexibility index (Phi) is 7.49. The van der Waals surface area contributed by atoms with Gasteiger partial charge >= 0.3 is 0 Å². The van der Waals surface area contributed by atoms with Crippen LogP contribution >= 0.6 is 11.3 Å². The van der Waals surface area contributed by atoms with Crippen molar-refractivity contribution < 1.29 is 9.90 Å². The Hall–Kier alpha value is -1.31. The predicted octanol–water partition coefficient (Wildman–Crippen LogP) is 3.34. The first-order valence-corrected chi connectivity index (χ1v) is 8.30. The minimum Gasteiger partial charge on any atom is -0.395 e. The van der Waals surface area contributed by atoms with E-state index in [2.05, 4.69) is 31.0 Å². The summed E-state index contributed by atoms with van der Waals surface area (Å²) in [6, 6.07) is 2.07. The summed E-state index contributed by atoms with van der Waals surface area (Å²) in [5, 5.41) is 11.8. The molecule has 116 valence electrons. The monoisotopic (exact) mass is 307 g/mol. The van der Waals surface area contributed by atoms with Crippen LogP contribution in [-0.2, 0) is 0 Å². The molecule has 21 heavy (non-hydrogen) atoms. The molecule has 0 radical (unpaired) electrons. The molecule has 0 fully saturated rings. The van der Waals surface area contributed by atoms with E-state index in [4.69, 9.17) is 5.11 Å². The number of rotatable bonds is 6. The molecule has 4 heteroatoms. The lowest BCUT2D eigenvalue weighted by Crippen LogP contribution is -2.33. The second-order valence-electron chi connectivity index (χ2n) is 5.52. The van der Waals surface area contributed by atoms with E-state index in [0.29, 0.717) is 17.2 Å². The normalized spacial score (nSPS) is 13.2. The Morgan fingerprint density at radius 1 is 1.48 bits per heavy atom. The fourth-order valence-corrected chi connectivity index (χ4v) is 2.99. The van der Waals surface area contributed by atoms with Crippen molar-refractivity contribution in [3.8, 4) is 11.8 Å². The van der Waals surface area contributed by atoms with Gasteiger partial charge in [0.05, 0.1) is 16.4 Å². The summed E-state index contributed by atoms with van der Waals surface area (Å²) in [5.74, 6) is 6.51. The minimum atomic E-state index is -0.0193. The molecule has 2 unspecified atom stereocenters. The highest BCUT2D eigenvalue weighted by molar-refractivity contribution is 7.14. The smallest absolute Gasteiger partial charge is 0.261 e. The van der Waals surface area contributed by atoms with Gasteiger partial charge in [0, 0.05) is 12.5 Å². The van der Waals surface area contributed by atoms with Gasteiger partial charge in [0.25, 0.3) is 5.91 Å². The second kappa shape index (κ2) is 8.86. The Bertz CT molecular complexity index is 525. The molecule has 0 aliphatic heterocycles. The highest BCUT2D eigenvalue weighted by Gasteiger charge is 2.15. The third-order valence-electron chi connectivity index (χ3n) is 3.41. The minimum absolute atomic E-state index is 0.0193. The lowest BCUT2D eigenvalue weighted by molar-refractivity contribution is 0.0939. The molecule has 0 bridgehead atoms. The first-order valence-electron chi connectivity index (χ1n) is 7.48. The maximum absolute atomic E-state index is 12.2. The maximum Gasteiger partial charge on any atom is 0.261 e. The number of amides is 1. The van der Waals surface area contributed by atoms with E-state index in [0.717, 1.165) is 23.3 Å². The van der Waals surface area contributed by atoms with Crippen LogP contribution in [0, 0.1) is 24.7 Å². The van der Waals surface area contributed by atoms with Crippen LogP contribution in [0.5, 0.6) is 0 Å². The first kappa shape index (κ1) is 17.7. The molecule has 0 aromatic carbocycles. The fraction of sp³-hybridized carbons (Fsp3) is 0.588. The lowest BCUT2D eigenvalue weighted by atomic mass is 10.0. The van der Waals surface area contributed by atoms with Crippen LogP contribution in [0.3, 0.4) is 0 Å². The van der Waals surface area contributed by atoms with Gasteiger partial charge in [0.2, 0.25) is 0 Å². The zero-order chi connectivity index (χ0) is 15.8. The number of aliphatic hydroxyl groups excluding tert-OH is 1. The fourth-order valence-electron chi connectivity index (χ4n) is 2.04. The molecule has 1 amide bonds. The number of hydrogen-bond acceptors (Lipinski definition) is 3. The number of carbonyl (C=O) groups is 1. The summed E-state index contributed by atoms with van der Waals surface area (Å²) < 4.78 is 0. The van der Waals surface area contributed by atoms with Crippen LogP contribution in [-0.4, -0.2) is 23.7 Å². The maximum atomic E-state index is 12.2. The van der Waals surface area contributed by atoms with Crippen LogP contribution in [0.4, 0.5) is 0 Å². The van der Waals surface area contributed by atoms with Gasteiger partial charge in [0.15, 0.2) is 0 Å². The van der Waals surface area contributed by atoms with Crippen molar-refractivity contribution in [2.45, 2.75) is 53.0 Å². The summed E-state index contributed by atoms with van der Waals surface area (Å²) >= 11 is 1.42. The SMILES string of the molecule is CCC(C)CC(C)NC(=O)c1cc(C)c(C#CCCO)s1. The molecule has 1 aromatic rings. The molecule has 1 heterocycles. The van der Waals surface area contributed by atoms with Gasteiger partial charge < -0.3 is 10.4 Å². The summed E-state index contributed by atoms with van der Waals surface area (Å²) in [6.45, 7) is 8.44. The van der Waals surface area contributed by atoms with E-state index in [1.54, 1.807) is 0 Å². The van der Waals surface area contributed by atoms with Crippen LogP contribution < -0.4 is 5.32 Å². The van der Waals surface area contributed by atoms with Crippen LogP contribution in [0.15, 0.2) is 6.07 Å². The van der Waals surface area contributed by atoms with Crippen molar-refractivity contribution in [1.29, 1.82) is 0 Å². The zero-order valence-corrected chi connectivity index (χ0v) is 14.1. The van der Waals surface area contributed by atoms with Gasteiger partial charge in [0.1, 0.15) is 0 Å². The van der Waals surface area contributed by atoms with E-state index in [1.165, 1.54) is 11.3 Å². The average Bonchev–Trinajstić information content (AvgIpc) is 2.80. The second-order valence-corrected chi connectivity index (χ2v) is 6.57. The molecule has 0 aliphatic carbocycles. The number of carbonyl (C=O) groups excluding carboxylic acids is 1.